The van der Waals surface area contributed by atoms with Crippen LogP contribution in [0.3, 0.4) is 0 Å². The Labute approximate surface area is 189 Å². The average molecular weight is 448 g/mol. The van der Waals surface area contributed by atoms with Gasteiger partial charge in [0, 0.05) is 23.0 Å². The average Bonchev–Trinajstić information content (AvgIpc) is 3.37. The molecule has 3 heterocycles. The highest BCUT2D eigenvalue weighted by Crippen LogP contribution is 2.42. The minimum absolute atomic E-state index is 0.414. The van der Waals surface area contributed by atoms with Crippen LogP contribution in [-0.4, -0.2) is 61.9 Å². The molecule has 4 atom stereocenters. The van der Waals surface area contributed by atoms with E-state index < -0.39 is 31.1 Å². The van der Waals surface area contributed by atoms with Gasteiger partial charge in [0.25, 0.3) is 0 Å². The zero-order chi connectivity index (χ0) is 22.9. The number of benzene rings is 2. The van der Waals surface area contributed by atoms with Crippen LogP contribution in [0, 0.1) is 0 Å². The van der Waals surface area contributed by atoms with Crippen LogP contribution >= 0.6 is 0 Å². The van der Waals surface area contributed by atoms with E-state index in [9.17, 15) is 15.3 Å². The Kier molecular flexibility index (Phi) is 5.69. The molecule has 1 saturated heterocycles. The van der Waals surface area contributed by atoms with Crippen molar-refractivity contribution >= 4 is 22.5 Å². The highest BCUT2D eigenvalue weighted by Gasteiger charge is 2.44. The molecule has 0 aliphatic carbocycles. The van der Waals surface area contributed by atoms with Crippen molar-refractivity contribution in [2.24, 2.45) is 0 Å². The molecule has 9 heteroatoms. The first kappa shape index (κ1) is 21.4. The molecule has 2 aromatic heterocycles. The SMILES string of the molecule is COc1ccccc1-c1cn([C@@H]2O[C@H](CO)[C@@H](O)[C@H]2O)c2ncnc(Nc3ccccc3)c12. The monoisotopic (exact) mass is 448 g/mol. The van der Waals surface area contributed by atoms with Crippen LogP contribution < -0.4 is 10.1 Å². The molecule has 0 unspecified atom stereocenters. The smallest absolute Gasteiger partial charge is 0.164 e. The Bertz CT molecular complexity index is 1260. The zero-order valence-electron chi connectivity index (χ0n) is 17.9. The number of hydrogen-bond donors (Lipinski definition) is 4. The van der Waals surface area contributed by atoms with Crippen LogP contribution in [0.4, 0.5) is 11.5 Å². The number of ether oxygens (including phenoxy) is 2. The summed E-state index contributed by atoms with van der Waals surface area (Å²) in [5.74, 6) is 1.23. The van der Waals surface area contributed by atoms with Crippen LogP contribution in [0.2, 0.25) is 0 Å². The Morgan fingerprint density at radius 3 is 2.48 bits per heavy atom. The molecule has 33 heavy (non-hydrogen) atoms. The molecule has 0 amide bonds. The van der Waals surface area contributed by atoms with E-state index >= 15 is 0 Å². The maximum absolute atomic E-state index is 10.7. The van der Waals surface area contributed by atoms with Gasteiger partial charge in [-0.25, -0.2) is 9.97 Å². The van der Waals surface area contributed by atoms with Gasteiger partial charge in [0.2, 0.25) is 0 Å². The molecule has 2 aromatic carbocycles. The zero-order valence-corrected chi connectivity index (χ0v) is 17.9. The number of hydrogen-bond acceptors (Lipinski definition) is 8. The maximum Gasteiger partial charge on any atom is 0.164 e. The third kappa shape index (κ3) is 3.70. The van der Waals surface area contributed by atoms with E-state index in [1.807, 2.05) is 54.6 Å². The maximum atomic E-state index is 10.7. The van der Waals surface area contributed by atoms with Gasteiger partial charge in [-0.3, -0.25) is 0 Å². The van der Waals surface area contributed by atoms with Gasteiger partial charge in [-0.1, -0.05) is 36.4 Å². The van der Waals surface area contributed by atoms with Gasteiger partial charge < -0.3 is 34.7 Å². The van der Waals surface area contributed by atoms with Crippen molar-refractivity contribution in [3.63, 3.8) is 0 Å². The van der Waals surface area contributed by atoms with Gasteiger partial charge >= 0.3 is 0 Å². The molecular weight excluding hydrogens is 424 g/mol. The lowest BCUT2D eigenvalue weighted by Gasteiger charge is -2.17. The summed E-state index contributed by atoms with van der Waals surface area (Å²) < 4.78 is 13.0. The summed E-state index contributed by atoms with van der Waals surface area (Å²) in [4.78, 5) is 8.96. The molecule has 0 saturated carbocycles. The third-order valence-corrected chi connectivity index (χ3v) is 5.83. The first-order valence-electron chi connectivity index (χ1n) is 10.6. The van der Waals surface area contributed by atoms with Crippen molar-refractivity contribution in [3.05, 3.63) is 67.1 Å². The quantitative estimate of drug-likeness (QED) is 0.355. The number of nitrogens with zero attached hydrogens (tertiary/aromatic N) is 3. The highest BCUT2D eigenvalue weighted by molar-refractivity contribution is 6.03. The standard InChI is InChI=1S/C24H24N4O5/c1-32-17-10-6-5-9-15(17)16-11-28(24-21(31)20(30)18(12-29)33-24)23-19(16)22(25-13-26-23)27-14-7-3-2-4-8-14/h2-11,13,18,20-21,24,29-31H,12H2,1H3,(H,25,26,27)/t18-,20-,21-,24-/m1/s1. The van der Waals surface area contributed by atoms with Crippen LogP contribution in [0.1, 0.15) is 6.23 Å². The molecule has 0 bridgehead atoms. The van der Waals surface area contributed by atoms with Gasteiger partial charge in [0.05, 0.1) is 19.1 Å². The van der Waals surface area contributed by atoms with E-state index in [-0.39, 0.29) is 0 Å². The van der Waals surface area contributed by atoms with Gasteiger partial charge in [-0.15, -0.1) is 0 Å². The number of rotatable bonds is 6. The van der Waals surface area contributed by atoms with E-state index in [0.29, 0.717) is 22.6 Å². The summed E-state index contributed by atoms with van der Waals surface area (Å²) >= 11 is 0. The second kappa shape index (κ2) is 8.80. The van der Waals surface area contributed by atoms with Crippen molar-refractivity contribution in [2.75, 3.05) is 19.0 Å². The van der Waals surface area contributed by atoms with Crippen LogP contribution in [0.5, 0.6) is 5.75 Å². The number of aromatic nitrogens is 3. The van der Waals surface area contributed by atoms with E-state index in [4.69, 9.17) is 9.47 Å². The summed E-state index contributed by atoms with van der Waals surface area (Å²) in [6, 6.07) is 17.2. The number of nitrogens with one attached hydrogen (secondary N) is 1. The van der Waals surface area contributed by atoms with Crippen LogP contribution in [-0.2, 0) is 4.74 Å². The van der Waals surface area contributed by atoms with E-state index in [1.54, 1.807) is 17.9 Å². The van der Waals surface area contributed by atoms with Crippen molar-refractivity contribution in [1.29, 1.82) is 0 Å². The fourth-order valence-electron chi connectivity index (χ4n) is 4.21. The number of aliphatic hydroxyl groups is 3. The lowest BCUT2D eigenvalue weighted by molar-refractivity contribution is -0.0508. The first-order chi connectivity index (χ1) is 16.1. The normalized spacial score (nSPS) is 22.5. The van der Waals surface area contributed by atoms with Gasteiger partial charge in [0.15, 0.2) is 6.23 Å². The van der Waals surface area contributed by atoms with Crippen molar-refractivity contribution in [3.8, 4) is 16.9 Å². The largest absolute Gasteiger partial charge is 0.496 e. The van der Waals surface area contributed by atoms with Crippen LogP contribution in [0.15, 0.2) is 67.1 Å². The minimum atomic E-state index is -1.25. The Morgan fingerprint density at radius 1 is 1.00 bits per heavy atom. The van der Waals surface area contributed by atoms with Gasteiger partial charge in [-0.05, 0) is 18.2 Å². The second-order valence-electron chi connectivity index (χ2n) is 7.79. The van der Waals surface area contributed by atoms with E-state index in [1.165, 1.54) is 6.33 Å². The predicted octanol–water partition coefficient (Wildman–Crippen LogP) is 2.46. The molecule has 4 N–H and O–H groups in total. The minimum Gasteiger partial charge on any atom is -0.496 e. The predicted molar refractivity (Wildman–Crippen MR) is 122 cm³/mol. The lowest BCUT2D eigenvalue weighted by Crippen LogP contribution is -2.33. The number of anilines is 2. The molecule has 0 radical (unpaired) electrons. The number of methoxy groups -OCH3 is 1. The summed E-state index contributed by atoms with van der Waals surface area (Å²) in [6.45, 7) is -0.414. The summed E-state index contributed by atoms with van der Waals surface area (Å²) in [5.41, 5.74) is 2.92. The Hall–Kier alpha value is -3.50. The molecule has 1 aliphatic heterocycles. The molecule has 5 rings (SSSR count). The highest BCUT2D eigenvalue weighted by atomic mass is 16.6. The summed E-state index contributed by atoms with van der Waals surface area (Å²) in [6.07, 6.45) is -1.09. The van der Waals surface area contributed by atoms with Gasteiger partial charge in [-0.2, -0.15) is 0 Å². The fourth-order valence-corrected chi connectivity index (χ4v) is 4.21. The Morgan fingerprint density at radius 2 is 1.76 bits per heavy atom. The second-order valence-corrected chi connectivity index (χ2v) is 7.79. The number of para-hydroxylation sites is 2. The molecule has 4 aromatic rings. The molecule has 0 spiro atoms. The van der Waals surface area contributed by atoms with Gasteiger partial charge in [0.1, 0.15) is 41.9 Å². The van der Waals surface area contributed by atoms with Crippen molar-refractivity contribution in [2.45, 2.75) is 24.5 Å². The van der Waals surface area contributed by atoms with Crippen molar-refractivity contribution in [1.82, 2.24) is 14.5 Å². The van der Waals surface area contributed by atoms with Crippen LogP contribution in [0.25, 0.3) is 22.2 Å². The first-order valence-corrected chi connectivity index (χ1v) is 10.6. The summed E-state index contributed by atoms with van der Waals surface area (Å²) in [5, 5.41) is 34.5. The summed E-state index contributed by atoms with van der Waals surface area (Å²) in [7, 11) is 1.60. The molecule has 1 aliphatic rings. The molecule has 170 valence electrons. The number of fused-ring (bicyclic) bond motifs is 1. The molecule has 1 fully saturated rings. The fraction of sp³-hybridized carbons (Fsp3) is 0.250. The lowest BCUT2D eigenvalue weighted by atomic mass is 10.0. The third-order valence-electron chi connectivity index (χ3n) is 5.83. The number of aliphatic hydroxyl groups excluding tert-OH is 3. The Balaban J connectivity index is 1.72. The van der Waals surface area contributed by atoms with E-state index in [0.717, 1.165) is 16.8 Å². The molecular formula is C24H24N4O5. The molecule has 9 nitrogen and oxygen atoms in total. The topological polar surface area (TPSA) is 122 Å². The van der Waals surface area contributed by atoms with E-state index in [2.05, 4.69) is 15.3 Å². The van der Waals surface area contributed by atoms with Crippen molar-refractivity contribution < 1.29 is 24.8 Å².